The number of aliphatic hydroxyl groups excluding tert-OH is 1. The Labute approximate surface area is 85.2 Å². The Morgan fingerprint density at radius 1 is 1.43 bits per heavy atom. The fourth-order valence-electron chi connectivity index (χ4n) is 0.998. The van der Waals surface area contributed by atoms with Gasteiger partial charge in [0, 0.05) is 11.7 Å². The lowest BCUT2D eigenvalue weighted by Crippen LogP contribution is -2.19. The second-order valence-electron chi connectivity index (χ2n) is 3.00. The highest BCUT2D eigenvalue weighted by atomic mass is 32.2. The normalized spacial score (nSPS) is 14.8. The zero-order chi connectivity index (χ0) is 10.6. The number of hydrogen-bond donors (Lipinski definition) is 3. The molecule has 78 valence electrons. The second kappa shape index (κ2) is 5.09. The van der Waals surface area contributed by atoms with E-state index in [9.17, 15) is 4.21 Å². The zero-order valence-corrected chi connectivity index (χ0v) is 8.62. The summed E-state index contributed by atoms with van der Waals surface area (Å²) < 4.78 is 19.4. The molecule has 5 heteroatoms. The molecule has 0 bridgehead atoms. The lowest BCUT2D eigenvalue weighted by Gasteiger charge is -2.11. The highest BCUT2D eigenvalue weighted by Gasteiger charge is 2.01. The molecule has 0 aliphatic rings. The smallest absolute Gasteiger partial charge is 0.186 e. The van der Waals surface area contributed by atoms with E-state index < -0.39 is 11.1 Å². The Kier molecular flexibility index (Phi) is 4.06. The third-order valence-corrected chi connectivity index (χ3v) is 2.42. The minimum Gasteiger partial charge on any atom is -0.394 e. The first-order chi connectivity index (χ1) is 6.63. The second-order valence-corrected chi connectivity index (χ2v) is 3.97. The van der Waals surface area contributed by atoms with Gasteiger partial charge in [0.25, 0.3) is 0 Å². The van der Waals surface area contributed by atoms with Crippen LogP contribution in [0.3, 0.4) is 0 Å². The Hall–Kier alpha value is -0.910. The molecule has 0 saturated carbocycles. The molecule has 0 aromatic heterocycles. The van der Waals surface area contributed by atoms with E-state index in [1.807, 2.05) is 6.92 Å². The predicted molar refractivity (Wildman–Crippen MR) is 55.6 cm³/mol. The van der Waals surface area contributed by atoms with Crippen molar-refractivity contribution in [3.05, 3.63) is 24.3 Å². The first-order valence-electron chi connectivity index (χ1n) is 4.22. The molecule has 1 rings (SSSR count). The fourth-order valence-corrected chi connectivity index (χ4v) is 1.37. The minimum atomic E-state index is -1.93. The summed E-state index contributed by atoms with van der Waals surface area (Å²) in [4.78, 5) is 0.368. The minimum absolute atomic E-state index is 0.0273. The molecule has 1 aromatic carbocycles. The van der Waals surface area contributed by atoms with Crippen molar-refractivity contribution >= 4 is 16.8 Å². The number of rotatable bonds is 4. The van der Waals surface area contributed by atoms with Crippen LogP contribution >= 0.6 is 0 Å². The Balaban J connectivity index is 2.68. The summed E-state index contributed by atoms with van der Waals surface area (Å²) >= 11 is -1.93. The number of benzene rings is 1. The van der Waals surface area contributed by atoms with E-state index in [1.54, 1.807) is 24.3 Å². The van der Waals surface area contributed by atoms with Crippen molar-refractivity contribution in [2.24, 2.45) is 0 Å². The van der Waals surface area contributed by atoms with Gasteiger partial charge < -0.3 is 15.0 Å². The quantitative estimate of drug-likeness (QED) is 0.657. The summed E-state index contributed by atoms with van der Waals surface area (Å²) in [5.74, 6) is 0. The van der Waals surface area contributed by atoms with Crippen LogP contribution < -0.4 is 5.32 Å². The molecule has 3 N–H and O–H groups in total. The molecular formula is C9H13NO3S. The van der Waals surface area contributed by atoms with Crippen LogP contribution in [0, 0.1) is 0 Å². The molecule has 2 atom stereocenters. The van der Waals surface area contributed by atoms with Crippen molar-refractivity contribution in [1.29, 1.82) is 0 Å². The maximum atomic E-state index is 10.6. The van der Waals surface area contributed by atoms with Gasteiger partial charge in [0.1, 0.15) is 0 Å². The molecule has 0 aliphatic carbocycles. The van der Waals surface area contributed by atoms with Crippen LogP contribution in [-0.4, -0.2) is 26.5 Å². The Morgan fingerprint density at radius 2 is 2.00 bits per heavy atom. The van der Waals surface area contributed by atoms with Crippen LogP contribution in [0.15, 0.2) is 29.2 Å². The van der Waals surface area contributed by atoms with E-state index in [0.29, 0.717) is 4.90 Å². The molecule has 1 aromatic rings. The number of aliphatic hydroxyl groups is 1. The summed E-state index contributed by atoms with van der Waals surface area (Å²) in [6.45, 7) is 1.89. The third kappa shape index (κ3) is 3.10. The molecule has 2 unspecified atom stereocenters. The summed E-state index contributed by atoms with van der Waals surface area (Å²) in [5.41, 5.74) is 0.820. The summed E-state index contributed by atoms with van der Waals surface area (Å²) in [6.07, 6.45) is 0. The van der Waals surface area contributed by atoms with Crippen molar-refractivity contribution in [2.45, 2.75) is 17.9 Å². The Morgan fingerprint density at radius 3 is 2.43 bits per heavy atom. The van der Waals surface area contributed by atoms with Crippen LogP contribution in [0.5, 0.6) is 0 Å². The van der Waals surface area contributed by atoms with E-state index >= 15 is 0 Å². The first kappa shape index (κ1) is 11.2. The molecular weight excluding hydrogens is 202 g/mol. The van der Waals surface area contributed by atoms with Gasteiger partial charge in [0.15, 0.2) is 11.1 Å². The zero-order valence-electron chi connectivity index (χ0n) is 7.80. The van der Waals surface area contributed by atoms with Gasteiger partial charge in [-0.2, -0.15) is 0 Å². The molecule has 0 spiro atoms. The van der Waals surface area contributed by atoms with Gasteiger partial charge in [-0.25, -0.2) is 4.21 Å². The van der Waals surface area contributed by atoms with Gasteiger partial charge in [-0.3, -0.25) is 0 Å². The van der Waals surface area contributed by atoms with Crippen molar-refractivity contribution in [1.82, 2.24) is 0 Å². The van der Waals surface area contributed by atoms with E-state index in [2.05, 4.69) is 5.32 Å². The number of anilines is 1. The third-order valence-electron chi connectivity index (χ3n) is 1.74. The monoisotopic (exact) mass is 215 g/mol. The van der Waals surface area contributed by atoms with Crippen LogP contribution in [0.1, 0.15) is 6.92 Å². The van der Waals surface area contributed by atoms with Crippen LogP contribution in [0.2, 0.25) is 0 Å². The van der Waals surface area contributed by atoms with Gasteiger partial charge in [-0.1, -0.05) is 0 Å². The predicted octanol–water partition coefficient (Wildman–Crippen LogP) is 1.06. The maximum Gasteiger partial charge on any atom is 0.186 e. The average molecular weight is 215 g/mol. The van der Waals surface area contributed by atoms with Crippen LogP contribution in [0.4, 0.5) is 5.69 Å². The largest absolute Gasteiger partial charge is 0.394 e. The van der Waals surface area contributed by atoms with E-state index in [1.165, 1.54) is 0 Å². The summed E-state index contributed by atoms with van der Waals surface area (Å²) in [5, 5.41) is 11.8. The summed E-state index contributed by atoms with van der Waals surface area (Å²) in [6, 6.07) is 6.52. The van der Waals surface area contributed by atoms with Gasteiger partial charge in [0.05, 0.1) is 11.5 Å². The van der Waals surface area contributed by atoms with Crippen LogP contribution in [0.25, 0.3) is 0 Å². The maximum absolute atomic E-state index is 10.6. The summed E-state index contributed by atoms with van der Waals surface area (Å²) in [7, 11) is 0. The van der Waals surface area contributed by atoms with Crippen molar-refractivity contribution < 1.29 is 13.9 Å². The van der Waals surface area contributed by atoms with Crippen molar-refractivity contribution in [3.8, 4) is 0 Å². The molecule has 0 aliphatic heterocycles. The van der Waals surface area contributed by atoms with E-state index in [0.717, 1.165) is 5.69 Å². The van der Waals surface area contributed by atoms with Gasteiger partial charge in [-0.15, -0.1) is 0 Å². The Bertz CT molecular complexity index is 312. The van der Waals surface area contributed by atoms with Gasteiger partial charge in [0.2, 0.25) is 0 Å². The molecule has 0 radical (unpaired) electrons. The molecule has 14 heavy (non-hydrogen) atoms. The number of nitrogens with one attached hydrogen (secondary N) is 1. The van der Waals surface area contributed by atoms with Crippen LogP contribution in [-0.2, 0) is 11.1 Å². The van der Waals surface area contributed by atoms with Crippen molar-refractivity contribution in [2.75, 3.05) is 11.9 Å². The molecule has 0 saturated heterocycles. The lowest BCUT2D eigenvalue weighted by molar-refractivity contribution is 0.281. The SMILES string of the molecule is CC(CO)Nc1ccc(S(=O)O)cc1. The topological polar surface area (TPSA) is 69.6 Å². The highest BCUT2D eigenvalue weighted by molar-refractivity contribution is 7.79. The molecule has 0 heterocycles. The standard InChI is InChI=1S/C9H13NO3S/c1-7(6-11)10-8-2-4-9(5-3-8)14(12)13/h2-5,7,10-11H,6H2,1H3,(H,12,13). The highest BCUT2D eigenvalue weighted by Crippen LogP contribution is 2.12. The first-order valence-corrected chi connectivity index (χ1v) is 5.32. The van der Waals surface area contributed by atoms with Gasteiger partial charge in [-0.05, 0) is 31.2 Å². The van der Waals surface area contributed by atoms with Gasteiger partial charge >= 0.3 is 0 Å². The molecule has 4 nitrogen and oxygen atoms in total. The molecule has 0 amide bonds. The average Bonchev–Trinajstić information content (AvgIpc) is 2.18. The van der Waals surface area contributed by atoms with E-state index in [-0.39, 0.29) is 12.6 Å². The van der Waals surface area contributed by atoms with E-state index in [4.69, 9.17) is 9.66 Å². The fraction of sp³-hybridized carbons (Fsp3) is 0.333. The molecule has 0 fully saturated rings. The number of hydrogen-bond acceptors (Lipinski definition) is 3. The lowest BCUT2D eigenvalue weighted by atomic mass is 10.3. The van der Waals surface area contributed by atoms with Crippen molar-refractivity contribution in [3.63, 3.8) is 0 Å².